The number of carbonyl (C=O) groups excluding carboxylic acids is 2. The standard InChI is InChI=1S/C25H26ClNO5/c1-14-17(26)7-5-8-18(14)27-19-9-6-10-20(28)23(19)16(13-22(27)29)15-11-12-21(30-2)25(32-4)24(15)31-3/h5,7-8,11-12,16H,6,9-10,13H2,1-4H3/t16-/m1/s1. The Bertz CT molecular complexity index is 1120. The number of halogens is 1. The third kappa shape index (κ3) is 3.52. The summed E-state index contributed by atoms with van der Waals surface area (Å²) >= 11 is 6.35. The summed E-state index contributed by atoms with van der Waals surface area (Å²) in [4.78, 5) is 28.4. The zero-order valence-corrected chi connectivity index (χ0v) is 19.4. The first-order valence-electron chi connectivity index (χ1n) is 10.6. The molecule has 1 atom stereocenters. The summed E-state index contributed by atoms with van der Waals surface area (Å²) in [5.41, 5.74) is 3.70. The van der Waals surface area contributed by atoms with Gasteiger partial charge in [0.1, 0.15) is 0 Å². The van der Waals surface area contributed by atoms with Gasteiger partial charge in [0.25, 0.3) is 0 Å². The number of methoxy groups -OCH3 is 3. The first-order valence-corrected chi connectivity index (χ1v) is 10.9. The van der Waals surface area contributed by atoms with Gasteiger partial charge in [0.2, 0.25) is 11.7 Å². The van der Waals surface area contributed by atoms with Crippen LogP contribution in [0, 0.1) is 6.92 Å². The van der Waals surface area contributed by atoms with Crippen molar-refractivity contribution in [1.29, 1.82) is 0 Å². The molecule has 32 heavy (non-hydrogen) atoms. The van der Waals surface area contributed by atoms with Crippen LogP contribution >= 0.6 is 11.6 Å². The minimum absolute atomic E-state index is 0.0604. The highest BCUT2D eigenvalue weighted by Crippen LogP contribution is 2.50. The van der Waals surface area contributed by atoms with E-state index in [-0.39, 0.29) is 18.1 Å². The molecule has 1 aliphatic heterocycles. The van der Waals surface area contributed by atoms with E-state index in [9.17, 15) is 9.59 Å². The van der Waals surface area contributed by atoms with Gasteiger partial charge in [0.05, 0.1) is 27.0 Å². The molecule has 2 aliphatic rings. The summed E-state index contributed by atoms with van der Waals surface area (Å²) < 4.78 is 16.6. The third-order valence-electron chi connectivity index (χ3n) is 6.27. The molecular formula is C25H26ClNO5. The molecule has 1 heterocycles. The maximum atomic E-state index is 13.5. The van der Waals surface area contributed by atoms with Crippen molar-refractivity contribution >= 4 is 29.0 Å². The second kappa shape index (κ2) is 8.87. The number of rotatable bonds is 5. The van der Waals surface area contributed by atoms with Crippen molar-refractivity contribution in [2.24, 2.45) is 0 Å². The number of benzene rings is 2. The van der Waals surface area contributed by atoms with Crippen LogP contribution in [0.15, 0.2) is 41.6 Å². The van der Waals surface area contributed by atoms with Gasteiger partial charge in [-0.15, -0.1) is 0 Å². The SMILES string of the molecule is COc1ccc([C@H]2CC(=O)N(c3cccc(Cl)c3C)C3=C2C(=O)CCC3)c(OC)c1OC. The molecule has 0 bridgehead atoms. The maximum Gasteiger partial charge on any atom is 0.232 e. The van der Waals surface area contributed by atoms with Crippen molar-refractivity contribution in [3.63, 3.8) is 0 Å². The fraction of sp³-hybridized carbons (Fsp3) is 0.360. The molecule has 1 amide bonds. The van der Waals surface area contributed by atoms with E-state index in [0.717, 1.165) is 22.5 Å². The average molecular weight is 456 g/mol. The number of allylic oxidation sites excluding steroid dienone is 2. The van der Waals surface area contributed by atoms with Crippen LogP contribution in [0.4, 0.5) is 5.69 Å². The van der Waals surface area contributed by atoms with E-state index in [1.54, 1.807) is 31.3 Å². The average Bonchev–Trinajstić information content (AvgIpc) is 2.79. The third-order valence-corrected chi connectivity index (χ3v) is 6.67. The van der Waals surface area contributed by atoms with Crippen molar-refractivity contribution in [2.75, 3.05) is 26.2 Å². The van der Waals surface area contributed by atoms with E-state index in [2.05, 4.69) is 0 Å². The van der Waals surface area contributed by atoms with Crippen LogP contribution in [0.1, 0.15) is 42.7 Å². The molecule has 1 aliphatic carbocycles. The van der Waals surface area contributed by atoms with E-state index in [0.29, 0.717) is 47.1 Å². The van der Waals surface area contributed by atoms with Gasteiger partial charge < -0.3 is 14.2 Å². The zero-order chi connectivity index (χ0) is 23.0. The van der Waals surface area contributed by atoms with Crippen molar-refractivity contribution in [1.82, 2.24) is 0 Å². The monoisotopic (exact) mass is 455 g/mol. The highest BCUT2D eigenvalue weighted by Gasteiger charge is 2.41. The highest BCUT2D eigenvalue weighted by molar-refractivity contribution is 6.31. The van der Waals surface area contributed by atoms with Gasteiger partial charge in [0, 0.05) is 40.6 Å². The number of hydrogen-bond acceptors (Lipinski definition) is 5. The molecule has 4 rings (SSSR count). The summed E-state index contributed by atoms with van der Waals surface area (Å²) in [7, 11) is 4.64. The molecule has 0 N–H and O–H groups in total. The van der Waals surface area contributed by atoms with E-state index < -0.39 is 5.92 Å². The molecule has 0 saturated carbocycles. The Balaban J connectivity index is 1.93. The number of Topliss-reactive ketones (excluding diaryl/α,β-unsaturated/α-hetero) is 1. The van der Waals surface area contributed by atoms with Gasteiger partial charge >= 0.3 is 0 Å². The fourth-order valence-corrected chi connectivity index (χ4v) is 4.94. The molecule has 2 aromatic rings. The number of carbonyl (C=O) groups is 2. The van der Waals surface area contributed by atoms with Crippen LogP contribution in [-0.4, -0.2) is 33.0 Å². The Labute approximate surface area is 192 Å². The largest absolute Gasteiger partial charge is 0.493 e. The smallest absolute Gasteiger partial charge is 0.232 e. The second-order valence-corrected chi connectivity index (χ2v) is 8.34. The molecule has 0 aromatic heterocycles. The lowest BCUT2D eigenvalue weighted by Gasteiger charge is -2.39. The van der Waals surface area contributed by atoms with Crippen molar-refractivity contribution in [2.45, 2.75) is 38.5 Å². The van der Waals surface area contributed by atoms with E-state index in [1.165, 1.54) is 7.11 Å². The van der Waals surface area contributed by atoms with E-state index in [4.69, 9.17) is 25.8 Å². The van der Waals surface area contributed by atoms with Crippen LogP contribution in [0.3, 0.4) is 0 Å². The van der Waals surface area contributed by atoms with E-state index >= 15 is 0 Å². The number of ether oxygens (including phenoxy) is 3. The first kappa shape index (κ1) is 22.2. The zero-order valence-electron chi connectivity index (χ0n) is 18.7. The van der Waals surface area contributed by atoms with Crippen molar-refractivity contribution in [3.05, 3.63) is 57.8 Å². The minimum Gasteiger partial charge on any atom is -0.493 e. The molecule has 0 spiro atoms. The predicted molar refractivity (Wildman–Crippen MR) is 123 cm³/mol. The molecule has 0 radical (unpaired) electrons. The molecule has 0 saturated heterocycles. The Morgan fingerprint density at radius 1 is 0.969 bits per heavy atom. The molecule has 0 unspecified atom stereocenters. The summed E-state index contributed by atoms with van der Waals surface area (Å²) in [5, 5.41) is 0.586. The minimum atomic E-state index is -0.421. The molecule has 168 valence electrons. The van der Waals surface area contributed by atoms with Gasteiger partial charge in [-0.25, -0.2) is 0 Å². The van der Waals surface area contributed by atoms with E-state index in [1.807, 2.05) is 25.1 Å². The van der Waals surface area contributed by atoms with Crippen LogP contribution in [0.25, 0.3) is 0 Å². The second-order valence-electron chi connectivity index (χ2n) is 7.93. The lowest BCUT2D eigenvalue weighted by molar-refractivity contribution is -0.119. The highest BCUT2D eigenvalue weighted by atomic mass is 35.5. The van der Waals surface area contributed by atoms with Crippen molar-refractivity contribution in [3.8, 4) is 17.2 Å². The molecule has 7 heteroatoms. The first-order chi connectivity index (χ1) is 15.4. The lowest BCUT2D eigenvalue weighted by Crippen LogP contribution is -2.41. The molecule has 6 nitrogen and oxygen atoms in total. The number of hydrogen-bond donors (Lipinski definition) is 0. The number of ketones is 1. The number of nitrogens with zero attached hydrogens (tertiary/aromatic N) is 1. The fourth-order valence-electron chi connectivity index (χ4n) is 4.78. The molecule has 0 fully saturated rings. The molecule has 2 aromatic carbocycles. The predicted octanol–water partition coefficient (Wildman–Crippen LogP) is 5.20. The van der Waals surface area contributed by atoms with Gasteiger partial charge in [-0.3, -0.25) is 14.5 Å². The van der Waals surface area contributed by atoms with Gasteiger partial charge in [-0.05, 0) is 43.5 Å². The Hall–Kier alpha value is -2.99. The van der Waals surface area contributed by atoms with Crippen LogP contribution < -0.4 is 19.1 Å². The quantitative estimate of drug-likeness (QED) is 0.619. The normalized spacial score (nSPS) is 18.5. The topological polar surface area (TPSA) is 65.1 Å². The maximum absolute atomic E-state index is 13.5. The van der Waals surface area contributed by atoms with Gasteiger partial charge in [-0.1, -0.05) is 23.7 Å². The van der Waals surface area contributed by atoms with Crippen LogP contribution in [-0.2, 0) is 9.59 Å². The van der Waals surface area contributed by atoms with Crippen LogP contribution in [0.2, 0.25) is 5.02 Å². The summed E-state index contributed by atoms with van der Waals surface area (Å²) in [5.74, 6) is 1.00. The lowest BCUT2D eigenvalue weighted by atomic mass is 9.76. The number of anilines is 1. The summed E-state index contributed by atoms with van der Waals surface area (Å²) in [6.45, 7) is 1.89. The Morgan fingerprint density at radius 2 is 1.72 bits per heavy atom. The van der Waals surface area contributed by atoms with Crippen molar-refractivity contribution < 1.29 is 23.8 Å². The van der Waals surface area contributed by atoms with Gasteiger partial charge in [-0.2, -0.15) is 0 Å². The summed E-state index contributed by atoms with van der Waals surface area (Å²) in [6, 6.07) is 9.13. The Kier molecular flexibility index (Phi) is 6.15. The van der Waals surface area contributed by atoms with Crippen LogP contribution in [0.5, 0.6) is 17.2 Å². The number of amides is 1. The molecular weight excluding hydrogens is 430 g/mol. The summed E-state index contributed by atoms with van der Waals surface area (Å²) in [6.07, 6.45) is 1.95. The van der Waals surface area contributed by atoms with Gasteiger partial charge in [0.15, 0.2) is 17.3 Å². The Morgan fingerprint density at radius 3 is 2.41 bits per heavy atom.